The minimum absolute atomic E-state index is 0.878. The topological polar surface area (TPSA) is 3.24 Å². The van der Waals surface area contributed by atoms with Crippen molar-refractivity contribution in [3.8, 4) is 0 Å². The molecule has 0 aromatic heterocycles. The Labute approximate surface area is 112 Å². The highest BCUT2D eigenvalue weighted by Crippen LogP contribution is 2.27. The lowest BCUT2D eigenvalue weighted by Gasteiger charge is -2.32. The molecule has 2 rings (SSSR count). The molecule has 88 valence electrons. The molecular weight excluding hydrogens is 309 g/mol. The third kappa shape index (κ3) is 2.70. The van der Waals surface area contributed by atoms with Crippen LogP contribution in [-0.4, -0.2) is 17.0 Å². The van der Waals surface area contributed by atoms with Crippen molar-refractivity contribution in [3.63, 3.8) is 0 Å². The van der Waals surface area contributed by atoms with Gasteiger partial charge in [-0.3, -0.25) is 0 Å². The van der Waals surface area contributed by atoms with Gasteiger partial charge in [0.15, 0.2) is 0 Å². The van der Waals surface area contributed by atoms with Gasteiger partial charge < -0.3 is 4.90 Å². The molecule has 1 aliphatic rings. The summed E-state index contributed by atoms with van der Waals surface area (Å²) in [5.41, 5.74) is 4.34. The molecule has 1 aliphatic heterocycles. The molecule has 1 aromatic rings. The van der Waals surface area contributed by atoms with Crippen molar-refractivity contribution in [2.75, 3.05) is 18.0 Å². The minimum Gasteiger partial charge on any atom is -0.371 e. The van der Waals surface area contributed by atoms with Crippen molar-refractivity contribution in [1.82, 2.24) is 0 Å². The van der Waals surface area contributed by atoms with Crippen molar-refractivity contribution in [2.24, 2.45) is 0 Å². The van der Waals surface area contributed by atoms with Crippen molar-refractivity contribution in [3.05, 3.63) is 29.3 Å². The first kappa shape index (κ1) is 12.2. The summed E-state index contributed by atoms with van der Waals surface area (Å²) in [6.45, 7) is 6.90. The largest absolute Gasteiger partial charge is 0.371 e. The first-order chi connectivity index (χ1) is 7.70. The van der Waals surface area contributed by atoms with E-state index in [4.69, 9.17) is 0 Å². The van der Waals surface area contributed by atoms with Crippen molar-refractivity contribution in [2.45, 2.75) is 37.0 Å². The summed E-state index contributed by atoms with van der Waals surface area (Å²) in [4.78, 5) is 2.56. The molecule has 1 heterocycles. The van der Waals surface area contributed by atoms with Gasteiger partial charge in [-0.1, -0.05) is 41.6 Å². The van der Waals surface area contributed by atoms with Crippen LogP contribution in [0.25, 0.3) is 0 Å². The molecule has 0 N–H and O–H groups in total. The highest BCUT2D eigenvalue weighted by Gasteiger charge is 2.18. The maximum absolute atomic E-state index is 2.58. The lowest BCUT2D eigenvalue weighted by atomic mass is 10.0. The van der Waals surface area contributed by atoms with Gasteiger partial charge in [0.05, 0.1) is 0 Å². The van der Waals surface area contributed by atoms with E-state index in [-0.39, 0.29) is 0 Å². The molecule has 0 bridgehead atoms. The summed E-state index contributed by atoms with van der Waals surface area (Å²) in [7, 11) is 0. The van der Waals surface area contributed by atoms with E-state index in [1.165, 1.54) is 42.7 Å². The highest BCUT2D eigenvalue weighted by atomic mass is 127. The Morgan fingerprint density at radius 2 is 2.00 bits per heavy atom. The van der Waals surface area contributed by atoms with Crippen LogP contribution in [0.4, 0.5) is 5.69 Å². The Kier molecular flexibility index (Phi) is 4.11. The van der Waals surface area contributed by atoms with E-state index in [1.54, 1.807) is 0 Å². The molecule has 2 heteroatoms. The molecule has 16 heavy (non-hydrogen) atoms. The molecule has 0 spiro atoms. The predicted octanol–water partition coefficient (Wildman–Crippen LogP) is 3.96. The second-order valence-corrected chi connectivity index (χ2v) is 6.40. The van der Waals surface area contributed by atoms with Crippen LogP contribution in [-0.2, 0) is 6.42 Å². The molecule has 0 radical (unpaired) electrons. The summed E-state index contributed by atoms with van der Waals surface area (Å²) in [5, 5.41) is 0. The molecule has 0 unspecified atom stereocenters. The Morgan fingerprint density at radius 1 is 1.31 bits per heavy atom. The minimum atomic E-state index is 0.878. The normalized spacial score (nSPS) is 17.8. The predicted molar refractivity (Wildman–Crippen MR) is 79.8 cm³/mol. The zero-order chi connectivity index (χ0) is 11.5. The monoisotopic (exact) mass is 329 g/mol. The van der Waals surface area contributed by atoms with Gasteiger partial charge in [0.1, 0.15) is 0 Å². The molecule has 1 fully saturated rings. The first-order valence-electron chi connectivity index (χ1n) is 6.19. The van der Waals surface area contributed by atoms with E-state index < -0.39 is 0 Å². The van der Waals surface area contributed by atoms with Crippen LogP contribution in [0.1, 0.15) is 30.9 Å². The van der Waals surface area contributed by atoms with Crippen molar-refractivity contribution < 1.29 is 0 Å². The fraction of sp³-hybridized carbons (Fsp3) is 0.571. The Morgan fingerprint density at radius 3 is 2.62 bits per heavy atom. The molecule has 0 amide bonds. The molecule has 1 saturated heterocycles. The van der Waals surface area contributed by atoms with Crippen LogP contribution < -0.4 is 4.90 Å². The standard InChI is InChI=1S/C14H20IN/c1-3-12-5-4-11(2)14(10-12)16-8-6-13(15)7-9-16/h4-5,10,13H,3,6-9H2,1-2H3. The number of aryl methyl sites for hydroxylation is 2. The Bertz CT molecular complexity index is 354. The number of alkyl halides is 1. The second kappa shape index (κ2) is 5.39. The van der Waals surface area contributed by atoms with Crippen LogP contribution in [0.5, 0.6) is 0 Å². The molecule has 0 saturated carbocycles. The Hall–Kier alpha value is -0.250. The zero-order valence-corrected chi connectivity index (χ0v) is 12.3. The van der Waals surface area contributed by atoms with Crippen LogP contribution >= 0.6 is 22.6 Å². The number of hydrogen-bond donors (Lipinski definition) is 0. The maximum Gasteiger partial charge on any atom is 0.0398 e. The van der Waals surface area contributed by atoms with Crippen LogP contribution in [0, 0.1) is 6.92 Å². The number of halogens is 1. The average Bonchev–Trinajstić information content (AvgIpc) is 2.31. The van der Waals surface area contributed by atoms with Gasteiger partial charge in [-0.15, -0.1) is 0 Å². The summed E-state index contributed by atoms with van der Waals surface area (Å²) in [6.07, 6.45) is 3.79. The number of hydrogen-bond acceptors (Lipinski definition) is 1. The van der Waals surface area contributed by atoms with Gasteiger partial charge in [-0.2, -0.15) is 0 Å². The summed E-state index contributed by atoms with van der Waals surface area (Å²) < 4.78 is 0.878. The van der Waals surface area contributed by atoms with Gasteiger partial charge in [-0.05, 0) is 43.4 Å². The van der Waals surface area contributed by atoms with E-state index in [2.05, 4.69) is 59.5 Å². The number of anilines is 1. The number of rotatable bonds is 2. The fourth-order valence-electron chi connectivity index (χ4n) is 2.30. The number of piperidine rings is 1. The Balaban J connectivity index is 2.19. The van der Waals surface area contributed by atoms with E-state index in [0.29, 0.717) is 0 Å². The van der Waals surface area contributed by atoms with Gasteiger partial charge in [0, 0.05) is 22.7 Å². The first-order valence-corrected chi connectivity index (χ1v) is 7.44. The average molecular weight is 329 g/mol. The second-order valence-electron chi connectivity index (χ2n) is 4.64. The van der Waals surface area contributed by atoms with Crippen LogP contribution in [0.15, 0.2) is 18.2 Å². The quantitative estimate of drug-likeness (QED) is 0.586. The van der Waals surface area contributed by atoms with Crippen molar-refractivity contribution in [1.29, 1.82) is 0 Å². The summed E-state index contributed by atoms with van der Waals surface area (Å²) in [5.74, 6) is 0. The van der Waals surface area contributed by atoms with Gasteiger partial charge in [-0.25, -0.2) is 0 Å². The molecule has 0 aliphatic carbocycles. The van der Waals surface area contributed by atoms with E-state index in [1.807, 2.05) is 0 Å². The SMILES string of the molecule is CCc1ccc(C)c(N2CCC(I)CC2)c1. The molecule has 1 aromatic carbocycles. The third-order valence-electron chi connectivity index (χ3n) is 3.45. The smallest absolute Gasteiger partial charge is 0.0398 e. The summed E-state index contributed by atoms with van der Waals surface area (Å²) >= 11 is 2.58. The molecular formula is C14H20IN. The lowest BCUT2D eigenvalue weighted by Crippen LogP contribution is -2.34. The van der Waals surface area contributed by atoms with E-state index in [0.717, 1.165) is 10.3 Å². The highest BCUT2D eigenvalue weighted by molar-refractivity contribution is 14.1. The van der Waals surface area contributed by atoms with Gasteiger partial charge in [0.25, 0.3) is 0 Å². The fourth-order valence-corrected chi connectivity index (χ4v) is 2.86. The summed E-state index contributed by atoms with van der Waals surface area (Å²) in [6, 6.07) is 6.90. The van der Waals surface area contributed by atoms with Gasteiger partial charge >= 0.3 is 0 Å². The van der Waals surface area contributed by atoms with Crippen LogP contribution in [0.3, 0.4) is 0 Å². The molecule has 1 nitrogen and oxygen atoms in total. The van der Waals surface area contributed by atoms with E-state index in [9.17, 15) is 0 Å². The number of benzene rings is 1. The van der Waals surface area contributed by atoms with Gasteiger partial charge in [0.2, 0.25) is 0 Å². The van der Waals surface area contributed by atoms with Crippen molar-refractivity contribution >= 4 is 28.3 Å². The lowest BCUT2D eigenvalue weighted by molar-refractivity contribution is 0.604. The zero-order valence-electron chi connectivity index (χ0n) is 10.2. The maximum atomic E-state index is 2.58. The number of nitrogens with zero attached hydrogens (tertiary/aromatic N) is 1. The molecule has 0 atom stereocenters. The van der Waals surface area contributed by atoms with Crippen LogP contribution in [0.2, 0.25) is 0 Å². The third-order valence-corrected chi connectivity index (χ3v) is 4.69. The van der Waals surface area contributed by atoms with E-state index >= 15 is 0 Å².